The summed E-state index contributed by atoms with van der Waals surface area (Å²) in [4.78, 5) is 27.4. The predicted molar refractivity (Wildman–Crippen MR) is 101 cm³/mol. The number of piperidine rings is 1. The average molecular weight is 384 g/mol. The maximum atomic E-state index is 13.3. The van der Waals surface area contributed by atoms with E-state index in [4.69, 9.17) is 0 Å². The molecule has 1 aliphatic heterocycles. The van der Waals surface area contributed by atoms with E-state index in [2.05, 4.69) is 4.72 Å². The Morgan fingerprint density at radius 3 is 2.44 bits per heavy atom. The first-order valence-corrected chi connectivity index (χ1v) is 10.6. The molecule has 2 fully saturated rings. The van der Waals surface area contributed by atoms with Gasteiger partial charge in [0.25, 0.3) is 0 Å². The van der Waals surface area contributed by atoms with Crippen LogP contribution in [0.3, 0.4) is 0 Å². The SMILES string of the molecule is CC1C2C(=O)N(Cc3ccccc3)C(=O)C12c1cccc(NS(C)(=O)=O)c1. The minimum atomic E-state index is -3.43. The fraction of sp³-hybridized carbons (Fsp3) is 0.300. The van der Waals surface area contributed by atoms with Gasteiger partial charge in [-0.1, -0.05) is 49.4 Å². The van der Waals surface area contributed by atoms with Crippen molar-refractivity contribution >= 4 is 27.5 Å². The van der Waals surface area contributed by atoms with Gasteiger partial charge in [-0.05, 0) is 29.2 Å². The van der Waals surface area contributed by atoms with E-state index in [0.717, 1.165) is 11.8 Å². The standard InChI is InChI=1S/C20H20N2O4S/c1-13-17-18(23)22(12-14-7-4-3-5-8-14)19(24)20(13,17)15-9-6-10-16(11-15)21-27(2,25)26/h3-11,13,17,21H,12H2,1-2H3. The van der Waals surface area contributed by atoms with Gasteiger partial charge in [-0.15, -0.1) is 0 Å². The molecular formula is C20H20N2O4S. The zero-order chi connectivity index (χ0) is 19.4. The third kappa shape index (κ3) is 2.73. The first kappa shape index (κ1) is 17.7. The van der Waals surface area contributed by atoms with Crippen molar-refractivity contribution in [1.82, 2.24) is 4.90 Å². The summed E-state index contributed by atoms with van der Waals surface area (Å²) in [6, 6.07) is 16.2. The lowest BCUT2D eigenvalue weighted by Crippen LogP contribution is -2.37. The minimum absolute atomic E-state index is 0.0991. The Kier molecular flexibility index (Phi) is 3.89. The third-order valence-electron chi connectivity index (χ3n) is 5.56. The Hall–Kier alpha value is -2.67. The lowest BCUT2D eigenvalue weighted by Gasteiger charge is -2.22. The van der Waals surface area contributed by atoms with Crippen LogP contribution in [0.5, 0.6) is 0 Å². The average Bonchev–Trinajstić information content (AvgIpc) is 3.17. The molecule has 0 bridgehead atoms. The Morgan fingerprint density at radius 1 is 1.07 bits per heavy atom. The maximum absolute atomic E-state index is 13.3. The molecule has 1 aliphatic carbocycles. The number of rotatable bonds is 5. The topological polar surface area (TPSA) is 83.6 Å². The van der Waals surface area contributed by atoms with Crippen LogP contribution in [0, 0.1) is 11.8 Å². The molecule has 0 aromatic heterocycles. The van der Waals surface area contributed by atoms with Crippen LogP contribution in [-0.4, -0.2) is 31.4 Å². The van der Waals surface area contributed by atoms with E-state index in [1.54, 1.807) is 24.3 Å². The minimum Gasteiger partial charge on any atom is -0.284 e. The highest BCUT2D eigenvalue weighted by molar-refractivity contribution is 7.92. The molecule has 4 rings (SSSR count). The van der Waals surface area contributed by atoms with Gasteiger partial charge >= 0.3 is 0 Å². The fourth-order valence-corrected chi connectivity index (χ4v) is 4.88. The Balaban J connectivity index is 1.68. The number of hydrogen-bond donors (Lipinski definition) is 1. The number of anilines is 1. The predicted octanol–water partition coefficient (Wildman–Crippen LogP) is 2.13. The Bertz CT molecular complexity index is 1030. The summed E-state index contributed by atoms with van der Waals surface area (Å²) in [5.41, 5.74) is 1.09. The molecule has 2 aliphatic rings. The van der Waals surface area contributed by atoms with Crippen molar-refractivity contribution in [3.63, 3.8) is 0 Å². The number of hydrogen-bond acceptors (Lipinski definition) is 4. The Labute approximate surface area is 158 Å². The molecule has 27 heavy (non-hydrogen) atoms. The highest BCUT2D eigenvalue weighted by Crippen LogP contribution is 2.65. The highest BCUT2D eigenvalue weighted by Gasteiger charge is 2.77. The number of nitrogens with zero attached hydrogens (tertiary/aromatic N) is 1. The number of amides is 2. The zero-order valence-corrected chi connectivity index (χ0v) is 15.9. The van der Waals surface area contributed by atoms with Crippen LogP contribution in [-0.2, 0) is 31.6 Å². The van der Waals surface area contributed by atoms with E-state index in [1.807, 2.05) is 37.3 Å². The van der Waals surface area contributed by atoms with Gasteiger partial charge in [-0.25, -0.2) is 8.42 Å². The molecule has 1 heterocycles. The highest BCUT2D eigenvalue weighted by atomic mass is 32.2. The van der Waals surface area contributed by atoms with E-state index >= 15 is 0 Å². The number of likely N-dealkylation sites (tertiary alicyclic amines) is 1. The Morgan fingerprint density at radius 2 is 1.78 bits per heavy atom. The number of fused-ring (bicyclic) bond motifs is 1. The van der Waals surface area contributed by atoms with Gasteiger partial charge in [0.1, 0.15) is 0 Å². The van der Waals surface area contributed by atoms with Crippen molar-refractivity contribution in [3.8, 4) is 0 Å². The second-order valence-electron chi connectivity index (χ2n) is 7.31. The van der Waals surface area contributed by atoms with Crippen LogP contribution in [0.2, 0.25) is 0 Å². The van der Waals surface area contributed by atoms with Crippen molar-refractivity contribution in [1.29, 1.82) is 0 Å². The van der Waals surface area contributed by atoms with Crippen LogP contribution < -0.4 is 4.72 Å². The second-order valence-corrected chi connectivity index (χ2v) is 9.05. The number of carbonyl (C=O) groups excluding carboxylic acids is 2. The van der Waals surface area contributed by atoms with Gasteiger partial charge < -0.3 is 0 Å². The number of sulfonamides is 1. The van der Waals surface area contributed by atoms with Crippen LogP contribution in [0.25, 0.3) is 0 Å². The van der Waals surface area contributed by atoms with Gasteiger partial charge in [0.15, 0.2) is 0 Å². The van der Waals surface area contributed by atoms with Gasteiger partial charge in [0, 0.05) is 5.69 Å². The van der Waals surface area contributed by atoms with Crippen molar-refractivity contribution in [2.24, 2.45) is 11.8 Å². The largest absolute Gasteiger partial charge is 0.284 e. The number of imide groups is 1. The van der Waals surface area contributed by atoms with Crippen molar-refractivity contribution < 1.29 is 18.0 Å². The fourth-order valence-electron chi connectivity index (χ4n) is 4.32. The molecular weight excluding hydrogens is 364 g/mol. The molecule has 140 valence electrons. The van der Waals surface area contributed by atoms with Crippen molar-refractivity contribution in [3.05, 3.63) is 65.7 Å². The van der Waals surface area contributed by atoms with Gasteiger partial charge in [-0.3, -0.25) is 19.2 Å². The molecule has 1 saturated heterocycles. The normalized spacial score (nSPS) is 26.8. The molecule has 0 radical (unpaired) electrons. The number of benzene rings is 2. The zero-order valence-electron chi connectivity index (χ0n) is 15.0. The first-order chi connectivity index (χ1) is 12.7. The summed E-state index contributed by atoms with van der Waals surface area (Å²) in [6.07, 6.45) is 1.08. The van der Waals surface area contributed by atoms with E-state index in [0.29, 0.717) is 11.3 Å². The molecule has 7 heteroatoms. The molecule has 6 nitrogen and oxygen atoms in total. The summed E-state index contributed by atoms with van der Waals surface area (Å²) in [5, 5.41) is 0. The molecule has 0 spiro atoms. The van der Waals surface area contributed by atoms with E-state index in [9.17, 15) is 18.0 Å². The van der Waals surface area contributed by atoms with Crippen LogP contribution in [0.15, 0.2) is 54.6 Å². The van der Waals surface area contributed by atoms with Crippen LogP contribution in [0.4, 0.5) is 5.69 Å². The molecule has 2 aromatic carbocycles. The van der Waals surface area contributed by atoms with E-state index < -0.39 is 15.4 Å². The van der Waals surface area contributed by atoms with Crippen molar-refractivity contribution in [2.75, 3.05) is 11.0 Å². The van der Waals surface area contributed by atoms with Gasteiger partial charge in [-0.2, -0.15) is 0 Å². The molecule has 1 N–H and O–H groups in total. The summed E-state index contributed by atoms with van der Waals surface area (Å²) >= 11 is 0. The molecule has 1 saturated carbocycles. The monoisotopic (exact) mass is 384 g/mol. The van der Waals surface area contributed by atoms with E-state index in [-0.39, 0.29) is 30.2 Å². The van der Waals surface area contributed by atoms with Crippen molar-refractivity contribution in [2.45, 2.75) is 18.9 Å². The maximum Gasteiger partial charge on any atom is 0.241 e. The molecule has 3 atom stereocenters. The van der Waals surface area contributed by atoms with Gasteiger partial charge in [0.05, 0.1) is 24.1 Å². The second kappa shape index (κ2) is 5.92. The summed E-state index contributed by atoms with van der Waals surface area (Å²) in [7, 11) is -3.43. The first-order valence-electron chi connectivity index (χ1n) is 8.73. The van der Waals surface area contributed by atoms with Crippen LogP contribution >= 0.6 is 0 Å². The van der Waals surface area contributed by atoms with Crippen LogP contribution in [0.1, 0.15) is 18.1 Å². The summed E-state index contributed by atoms with van der Waals surface area (Å²) in [5.74, 6) is -0.844. The third-order valence-corrected chi connectivity index (χ3v) is 6.16. The summed E-state index contributed by atoms with van der Waals surface area (Å²) < 4.78 is 25.5. The smallest absolute Gasteiger partial charge is 0.241 e. The molecule has 2 aromatic rings. The van der Waals surface area contributed by atoms with E-state index in [1.165, 1.54) is 4.90 Å². The molecule has 3 unspecified atom stereocenters. The number of nitrogens with one attached hydrogen (secondary N) is 1. The lowest BCUT2D eigenvalue weighted by molar-refractivity contribution is -0.143. The van der Waals surface area contributed by atoms with Gasteiger partial charge in [0.2, 0.25) is 21.8 Å². The number of carbonyl (C=O) groups is 2. The quantitative estimate of drug-likeness (QED) is 0.801. The molecule has 2 amide bonds. The summed E-state index contributed by atoms with van der Waals surface area (Å²) in [6.45, 7) is 2.15. The lowest BCUT2D eigenvalue weighted by atomic mass is 9.91.